The number of carbonyl (C=O) groups is 1. The monoisotopic (exact) mass is 273 g/mol. The van der Waals surface area contributed by atoms with E-state index in [4.69, 9.17) is 30.5 Å². The molecule has 0 aromatic heterocycles. The number of amides is 1. The van der Waals surface area contributed by atoms with Crippen molar-refractivity contribution < 1.29 is 23.7 Å². The van der Waals surface area contributed by atoms with Crippen LogP contribution in [0, 0.1) is 0 Å². The molecule has 0 fully saturated rings. The van der Waals surface area contributed by atoms with Gasteiger partial charge in [0.25, 0.3) is 0 Å². The lowest BCUT2D eigenvalue weighted by molar-refractivity contribution is 0.168. The highest BCUT2D eigenvalue weighted by molar-refractivity contribution is 6.18. The fraction of sp³-hybridized carbons (Fsp3) is 0.364. The van der Waals surface area contributed by atoms with Crippen LogP contribution in [0.1, 0.15) is 0 Å². The SMILES string of the molecule is COc1cc2c(cc1NC(=O)OCCCl)OCO2. The molecule has 1 aliphatic rings. The minimum atomic E-state index is -0.604. The molecular formula is C11H12ClNO5. The Morgan fingerprint density at radius 1 is 1.44 bits per heavy atom. The molecule has 0 atom stereocenters. The summed E-state index contributed by atoms with van der Waals surface area (Å²) in [6.07, 6.45) is -0.604. The summed E-state index contributed by atoms with van der Waals surface area (Å²) in [6.45, 7) is 0.291. The Balaban J connectivity index is 2.14. The average Bonchev–Trinajstić information content (AvgIpc) is 2.82. The van der Waals surface area contributed by atoms with Crippen LogP contribution in [-0.2, 0) is 4.74 Å². The van der Waals surface area contributed by atoms with Crippen LogP contribution < -0.4 is 19.5 Å². The van der Waals surface area contributed by atoms with Crippen LogP contribution in [0.15, 0.2) is 12.1 Å². The van der Waals surface area contributed by atoms with E-state index < -0.39 is 6.09 Å². The molecule has 6 nitrogen and oxygen atoms in total. The van der Waals surface area contributed by atoms with E-state index in [1.165, 1.54) is 7.11 Å². The maximum atomic E-state index is 11.4. The molecule has 18 heavy (non-hydrogen) atoms. The summed E-state index contributed by atoms with van der Waals surface area (Å²) >= 11 is 5.42. The quantitative estimate of drug-likeness (QED) is 0.852. The van der Waals surface area contributed by atoms with E-state index in [-0.39, 0.29) is 19.3 Å². The summed E-state index contributed by atoms with van der Waals surface area (Å²) in [5.74, 6) is 1.82. The molecule has 1 aromatic carbocycles. The summed E-state index contributed by atoms with van der Waals surface area (Å²) in [6, 6.07) is 3.25. The summed E-state index contributed by atoms with van der Waals surface area (Å²) in [7, 11) is 1.49. The van der Waals surface area contributed by atoms with Gasteiger partial charge in [-0.15, -0.1) is 11.6 Å². The fourth-order valence-corrected chi connectivity index (χ4v) is 1.54. The number of ether oxygens (including phenoxy) is 4. The molecule has 1 heterocycles. The lowest BCUT2D eigenvalue weighted by atomic mass is 10.2. The molecule has 98 valence electrons. The average molecular weight is 274 g/mol. The van der Waals surface area contributed by atoms with Crippen LogP contribution in [0.5, 0.6) is 17.2 Å². The number of methoxy groups -OCH3 is 1. The second-order valence-electron chi connectivity index (χ2n) is 3.36. The van der Waals surface area contributed by atoms with E-state index in [2.05, 4.69) is 5.32 Å². The van der Waals surface area contributed by atoms with Gasteiger partial charge in [-0.1, -0.05) is 0 Å². The van der Waals surface area contributed by atoms with Crippen molar-refractivity contribution in [3.05, 3.63) is 12.1 Å². The smallest absolute Gasteiger partial charge is 0.411 e. The molecule has 7 heteroatoms. The molecule has 1 amide bonds. The Hall–Kier alpha value is -1.82. The van der Waals surface area contributed by atoms with E-state index in [1.807, 2.05) is 0 Å². The molecular weight excluding hydrogens is 262 g/mol. The highest BCUT2D eigenvalue weighted by Crippen LogP contribution is 2.40. The van der Waals surface area contributed by atoms with Crippen molar-refractivity contribution in [2.24, 2.45) is 0 Å². The first-order chi connectivity index (χ1) is 8.74. The predicted octanol–water partition coefficient (Wildman–Crippen LogP) is 2.21. The minimum absolute atomic E-state index is 0.139. The van der Waals surface area contributed by atoms with Crippen LogP contribution in [0.4, 0.5) is 10.5 Å². The van der Waals surface area contributed by atoms with Crippen LogP contribution >= 0.6 is 11.6 Å². The van der Waals surface area contributed by atoms with E-state index in [0.717, 1.165) is 0 Å². The molecule has 0 saturated heterocycles. The van der Waals surface area contributed by atoms with Crippen molar-refractivity contribution in [3.63, 3.8) is 0 Å². The predicted molar refractivity (Wildman–Crippen MR) is 64.8 cm³/mol. The van der Waals surface area contributed by atoms with Crippen molar-refractivity contribution >= 4 is 23.4 Å². The number of rotatable bonds is 4. The van der Waals surface area contributed by atoms with Crippen molar-refractivity contribution in [1.29, 1.82) is 0 Å². The molecule has 0 saturated carbocycles. The molecule has 0 unspecified atom stereocenters. The molecule has 2 rings (SSSR count). The van der Waals surface area contributed by atoms with Crippen molar-refractivity contribution in [2.75, 3.05) is 31.7 Å². The van der Waals surface area contributed by atoms with Gasteiger partial charge in [-0.2, -0.15) is 0 Å². The van der Waals surface area contributed by atoms with Gasteiger partial charge in [-0.3, -0.25) is 5.32 Å². The zero-order valence-corrected chi connectivity index (χ0v) is 10.5. The standard InChI is InChI=1S/C11H12ClNO5/c1-15-8-5-10-9(17-6-18-10)4-7(8)13-11(14)16-3-2-12/h4-5H,2-3,6H2,1H3,(H,13,14). The second-order valence-corrected chi connectivity index (χ2v) is 3.73. The van der Waals surface area contributed by atoms with E-state index >= 15 is 0 Å². The van der Waals surface area contributed by atoms with Crippen molar-refractivity contribution in [2.45, 2.75) is 0 Å². The van der Waals surface area contributed by atoms with E-state index in [9.17, 15) is 4.79 Å². The van der Waals surface area contributed by atoms with E-state index in [0.29, 0.717) is 22.9 Å². The zero-order valence-electron chi connectivity index (χ0n) is 9.70. The number of alkyl halides is 1. The van der Waals surface area contributed by atoms with Gasteiger partial charge < -0.3 is 18.9 Å². The number of hydrogen-bond donors (Lipinski definition) is 1. The van der Waals surface area contributed by atoms with Gasteiger partial charge in [0, 0.05) is 12.1 Å². The largest absolute Gasteiger partial charge is 0.494 e. The minimum Gasteiger partial charge on any atom is -0.494 e. The van der Waals surface area contributed by atoms with Gasteiger partial charge in [-0.25, -0.2) is 4.79 Å². The third-order valence-electron chi connectivity index (χ3n) is 2.24. The Morgan fingerprint density at radius 2 is 2.17 bits per heavy atom. The Bertz CT molecular complexity index is 451. The first kappa shape index (κ1) is 12.6. The zero-order chi connectivity index (χ0) is 13.0. The van der Waals surface area contributed by atoms with E-state index in [1.54, 1.807) is 12.1 Å². The van der Waals surface area contributed by atoms with Gasteiger partial charge >= 0.3 is 6.09 Å². The van der Waals surface area contributed by atoms with Crippen LogP contribution in [0.2, 0.25) is 0 Å². The number of benzene rings is 1. The van der Waals surface area contributed by atoms with Gasteiger partial charge in [0.2, 0.25) is 6.79 Å². The molecule has 0 radical (unpaired) electrons. The van der Waals surface area contributed by atoms with Gasteiger partial charge in [0.05, 0.1) is 18.7 Å². The lowest BCUT2D eigenvalue weighted by Gasteiger charge is -2.11. The number of nitrogens with one attached hydrogen (secondary N) is 1. The van der Waals surface area contributed by atoms with Gasteiger partial charge in [-0.05, 0) is 0 Å². The summed E-state index contributed by atoms with van der Waals surface area (Å²) in [5.41, 5.74) is 0.446. The van der Waals surface area contributed by atoms with Crippen molar-refractivity contribution in [3.8, 4) is 17.2 Å². The number of anilines is 1. The summed E-state index contributed by atoms with van der Waals surface area (Å²) < 4.78 is 20.4. The van der Waals surface area contributed by atoms with Crippen molar-refractivity contribution in [1.82, 2.24) is 0 Å². The Labute approximate surface area is 109 Å². The highest BCUT2D eigenvalue weighted by Gasteiger charge is 2.19. The van der Waals surface area contributed by atoms with Gasteiger partial charge in [0.1, 0.15) is 12.4 Å². The third kappa shape index (κ3) is 2.70. The Morgan fingerprint density at radius 3 is 2.83 bits per heavy atom. The first-order valence-corrected chi connectivity index (χ1v) is 5.75. The normalized spacial score (nSPS) is 12.1. The maximum Gasteiger partial charge on any atom is 0.411 e. The molecule has 0 bridgehead atoms. The Kier molecular flexibility index (Phi) is 3.99. The molecule has 1 aromatic rings. The fourth-order valence-electron chi connectivity index (χ4n) is 1.47. The molecule has 1 N–H and O–H groups in total. The maximum absolute atomic E-state index is 11.4. The summed E-state index contributed by atoms with van der Waals surface area (Å²) in [4.78, 5) is 11.4. The van der Waals surface area contributed by atoms with Crippen LogP contribution in [0.25, 0.3) is 0 Å². The topological polar surface area (TPSA) is 66.0 Å². The first-order valence-electron chi connectivity index (χ1n) is 5.22. The number of carbonyl (C=O) groups excluding carboxylic acids is 1. The molecule has 0 spiro atoms. The second kappa shape index (κ2) is 5.68. The molecule has 1 aliphatic heterocycles. The number of fused-ring (bicyclic) bond motifs is 1. The lowest BCUT2D eigenvalue weighted by Crippen LogP contribution is -2.15. The number of hydrogen-bond acceptors (Lipinski definition) is 5. The van der Waals surface area contributed by atoms with Crippen LogP contribution in [-0.4, -0.2) is 32.5 Å². The molecule has 0 aliphatic carbocycles. The van der Waals surface area contributed by atoms with Gasteiger partial charge in [0.15, 0.2) is 11.5 Å². The number of halogens is 1. The summed E-state index contributed by atoms with van der Waals surface area (Å²) in [5, 5.41) is 2.55. The highest BCUT2D eigenvalue weighted by atomic mass is 35.5. The van der Waals surface area contributed by atoms with Crippen LogP contribution in [0.3, 0.4) is 0 Å². The third-order valence-corrected chi connectivity index (χ3v) is 2.40.